The van der Waals surface area contributed by atoms with Gasteiger partial charge in [0.25, 0.3) is 0 Å². The summed E-state index contributed by atoms with van der Waals surface area (Å²) in [5, 5.41) is 5.60. The lowest BCUT2D eigenvalue weighted by atomic mass is 10.0. The Morgan fingerprint density at radius 3 is 2.56 bits per heavy atom. The van der Waals surface area contributed by atoms with Crippen molar-refractivity contribution in [1.29, 1.82) is 0 Å². The molecule has 3 fully saturated rings. The van der Waals surface area contributed by atoms with Crippen LogP contribution < -0.4 is 15.5 Å². The first-order chi connectivity index (χ1) is 16.7. The Kier molecular flexibility index (Phi) is 5.84. The number of hydrogen-bond donors (Lipinski definition) is 2. The van der Waals surface area contributed by atoms with Gasteiger partial charge < -0.3 is 25.0 Å². The molecule has 0 radical (unpaired) electrons. The Labute approximate surface area is 199 Å². The summed E-state index contributed by atoms with van der Waals surface area (Å²) in [5.41, 5.74) is 4.11. The van der Waals surface area contributed by atoms with E-state index >= 15 is 0 Å². The van der Waals surface area contributed by atoms with E-state index in [9.17, 15) is 4.79 Å². The van der Waals surface area contributed by atoms with Gasteiger partial charge in [-0.25, -0.2) is 14.8 Å². The van der Waals surface area contributed by atoms with Gasteiger partial charge in [-0.15, -0.1) is 0 Å². The van der Waals surface area contributed by atoms with Crippen molar-refractivity contribution in [3.8, 4) is 11.4 Å². The van der Waals surface area contributed by atoms with Crippen LogP contribution in [0.3, 0.4) is 0 Å². The van der Waals surface area contributed by atoms with Gasteiger partial charge in [0, 0.05) is 49.5 Å². The first-order valence-electron chi connectivity index (χ1n) is 12.4. The van der Waals surface area contributed by atoms with E-state index in [-0.39, 0.29) is 6.03 Å². The van der Waals surface area contributed by atoms with Crippen LogP contribution in [0.4, 0.5) is 16.3 Å². The lowest BCUT2D eigenvalue weighted by Gasteiger charge is -2.41. The highest BCUT2D eigenvalue weighted by Gasteiger charge is 2.37. The molecule has 2 bridgehead atoms. The number of rotatable bonds is 5. The van der Waals surface area contributed by atoms with Crippen LogP contribution in [0.2, 0.25) is 0 Å². The minimum atomic E-state index is -0.204. The molecule has 4 aliphatic heterocycles. The maximum absolute atomic E-state index is 11.8. The molecule has 180 valence electrons. The summed E-state index contributed by atoms with van der Waals surface area (Å²) in [6.45, 7) is 7.76. The molecule has 1 aromatic carbocycles. The van der Waals surface area contributed by atoms with Crippen molar-refractivity contribution in [2.75, 3.05) is 49.6 Å². The molecule has 2 amide bonds. The number of urea groups is 1. The Balaban J connectivity index is 1.32. The Morgan fingerprint density at radius 1 is 1.12 bits per heavy atom. The smallest absolute Gasteiger partial charge is 0.319 e. The number of nitrogens with zero attached hydrogens (tertiary/aromatic N) is 4. The number of ether oxygens (including phenoxy) is 2. The number of anilines is 2. The number of benzene rings is 1. The summed E-state index contributed by atoms with van der Waals surface area (Å²) in [7, 11) is 0. The second-order valence-corrected chi connectivity index (χ2v) is 9.63. The third-order valence-electron chi connectivity index (χ3n) is 7.29. The molecule has 3 saturated heterocycles. The number of nitrogens with one attached hydrogen (secondary N) is 2. The van der Waals surface area contributed by atoms with Gasteiger partial charge in [0.15, 0.2) is 5.82 Å². The van der Waals surface area contributed by atoms with E-state index in [1.54, 1.807) is 0 Å². The second-order valence-electron chi connectivity index (χ2n) is 9.63. The Morgan fingerprint density at radius 2 is 1.88 bits per heavy atom. The summed E-state index contributed by atoms with van der Waals surface area (Å²) in [5.74, 6) is 1.82. The molecule has 0 unspecified atom stereocenters. The maximum Gasteiger partial charge on any atom is 0.319 e. The fourth-order valence-electron chi connectivity index (χ4n) is 5.39. The van der Waals surface area contributed by atoms with E-state index in [2.05, 4.69) is 20.4 Å². The molecule has 0 saturated carbocycles. The van der Waals surface area contributed by atoms with E-state index in [1.165, 1.54) is 5.56 Å². The normalized spacial score (nSPS) is 24.4. The minimum absolute atomic E-state index is 0.204. The van der Waals surface area contributed by atoms with Gasteiger partial charge in [-0.05, 0) is 50.5 Å². The van der Waals surface area contributed by atoms with Crippen molar-refractivity contribution >= 4 is 17.5 Å². The van der Waals surface area contributed by atoms with E-state index in [4.69, 9.17) is 19.4 Å². The number of hydrogen-bond acceptors (Lipinski definition) is 7. The van der Waals surface area contributed by atoms with Crippen LogP contribution >= 0.6 is 0 Å². The highest BCUT2D eigenvalue weighted by molar-refractivity contribution is 5.89. The van der Waals surface area contributed by atoms with Crippen molar-refractivity contribution in [2.45, 2.75) is 51.0 Å². The molecule has 9 heteroatoms. The van der Waals surface area contributed by atoms with Crippen molar-refractivity contribution in [3.05, 3.63) is 35.5 Å². The fourth-order valence-corrected chi connectivity index (χ4v) is 5.39. The van der Waals surface area contributed by atoms with Gasteiger partial charge in [0.05, 0.1) is 37.2 Å². The van der Waals surface area contributed by atoms with Gasteiger partial charge in [0.2, 0.25) is 0 Å². The maximum atomic E-state index is 11.8. The van der Waals surface area contributed by atoms with E-state index in [0.717, 1.165) is 87.2 Å². The van der Waals surface area contributed by atoms with Crippen LogP contribution in [0, 0.1) is 0 Å². The van der Waals surface area contributed by atoms with Gasteiger partial charge in [0.1, 0.15) is 5.82 Å². The highest BCUT2D eigenvalue weighted by Crippen LogP contribution is 2.35. The van der Waals surface area contributed by atoms with Crippen molar-refractivity contribution in [3.63, 3.8) is 0 Å². The minimum Gasteiger partial charge on any atom is -0.378 e. The predicted molar refractivity (Wildman–Crippen MR) is 129 cm³/mol. The van der Waals surface area contributed by atoms with E-state index in [0.29, 0.717) is 24.8 Å². The molecule has 4 aliphatic rings. The van der Waals surface area contributed by atoms with Crippen molar-refractivity contribution in [1.82, 2.24) is 20.2 Å². The molecule has 2 aromatic rings. The zero-order chi connectivity index (χ0) is 23.1. The van der Waals surface area contributed by atoms with Crippen LogP contribution in [0.5, 0.6) is 0 Å². The van der Waals surface area contributed by atoms with Crippen LogP contribution in [0.25, 0.3) is 11.4 Å². The van der Waals surface area contributed by atoms with Gasteiger partial charge in [-0.3, -0.25) is 4.90 Å². The zero-order valence-electron chi connectivity index (χ0n) is 19.6. The average molecular weight is 465 g/mol. The third-order valence-corrected chi connectivity index (χ3v) is 7.29. The number of morpholine rings is 1. The lowest BCUT2D eigenvalue weighted by molar-refractivity contribution is -0.0699. The molecule has 6 rings (SSSR count). The molecule has 9 nitrogen and oxygen atoms in total. The molecular formula is C25H32N6O3. The molecule has 5 heterocycles. The first-order valence-corrected chi connectivity index (χ1v) is 12.4. The summed E-state index contributed by atoms with van der Waals surface area (Å²) < 4.78 is 11.5. The first kappa shape index (κ1) is 21.8. The van der Waals surface area contributed by atoms with Gasteiger partial charge >= 0.3 is 6.03 Å². The van der Waals surface area contributed by atoms with Crippen LogP contribution in [0.15, 0.2) is 24.3 Å². The second kappa shape index (κ2) is 9.13. The summed E-state index contributed by atoms with van der Waals surface area (Å²) in [6, 6.07) is 8.06. The number of carbonyl (C=O) groups excluding carboxylic acids is 1. The Bertz CT molecular complexity index is 1050. The zero-order valence-corrected chi connectivity index (χ0v) is 19.6. The van der Waals surface area contributed by atoms with Crippen molar-refractivity contribution in [2.24, 2.45) is 0 Å². The monoisotopic (exact) mass is 464 g/mol. The molecule has 2 N–H and O–H groups in total. The number of aromatic nitrogens is 2. The topological polar surface area (TPSA) is 91.9 Å². The summed E-state index contributed by atoms with van der Waals surface area (Å²) in [4.78, 5) is 26.9. The number of amides is 2. The molecule has 1 aromatic heterocycles. The van der Waals surface area contributed by atoms with Crippen LogP contribution in [0.1, 0.15) is 31.0 Å². The fraction of sp³-hybridized carbons (Fsp3) is 0.560. The molecule has 0 aliphatic carbocycles. The summed E-state index contributed by atoms with van der Waals surface area (Å²) in [6.07, 6.45) is 3.84. The SMILES string of the molecule is CCNC(=O)Nc1ccc(-c2nc3c(c(N4C[C@H]5CC[C@@H](C4)O5)n2)CCN(C2COC2)C3)cc1. The van der Waals surface area contributed by atoms with Crippen molar-refractivity contribution < 1.29 is 14.3 Å². The third kappa shape index (κ3) is 4.23. The van der Waals surface area contributed by atoms with Gasteiger partial charge in [-0.2, -0.15) is 0 Å². The average Bonchev–Trinajstić information content (AvgIpc) is 3.15. The largest absolute Gasteiger partial charge is 0.378 e. The number of fused-ring (bicyclic) bond motifs is 3. The van der Waals surface area contributed by atoms with E-state index in [1.807, 2.05) is 31.2 Å². The van der Waals surface area contributed by atoms with Crippen LogP contribution in [-0.2, 0) is 22.4 Å². The summed E-state index contributed by atoms with van der Waals surface area (Å²) >= 11 is 0. The van der Waals surface area contributed by atoms with E-state index < -0.39 is 0 Å². The van der Waals surface area contributed by atoms with Crippen LogP contribution in [-0.4, -0.2) is 78.5 Å². The Hall–Kier alpha value is -2.75. The quantitative estimate of drug-likeness (QED) is 0.702. The molecule has 0 spiro atoms. The standard InChI is InChI=1S/C25H32N6O3/c1-2-26-25(32)27-17-5-3-16(4-6-17)23-28-22-13-30(18-14-33-15-18)10-9-21(22)24(29-23)31-11-19-7-8-20(12-31)34-19/h3-6,18-20H,2,7-15H2,1H3,(H2,26,27,32)/t19-,20+. The lowest BCUT2D eigenvalue weighted by Crippen LogP contribution is -2.51. The molecule has 34 heavy (non-hydrogen) atoms. The predicted octanol–water partition coefficient (Wildman–Crippen LogP) is 2.41. The highest BCUT2D eigenvalue weighted by atomic mass is 16.5. The molecular weight excluding hydrogens is 432 g/mol. The van der Waals surface area contributed by atoms with Gasteiger partial charge in [-0.1, -0.05) is 0 Å². The molecule has 2 atom stereocenters. The number of carbonyl (C=O) groups is 1.